The molecule has 8 nitrogen and oxygen atoms in total. The summed E-state index contributed by atoms with van der Waals surface area (Å²) >= 11 is 1.21. The van der Waals surface area contributed by atoms with Gasteiger partial charge in [-0.1, -0.05) is 12.1 Å². The molecule has 0 saturated heterocycles. The summed E-state index contributed by atoms with van der Waals surface area (Å²) in [7, 11) is 0. The number of halogens is 3. The van der Waals surface area contributed by atoms with E-state index in [1.54, 1.807) is 53.8 Å². The number of nitrogens with one attached hydrogen (secondary N) is 2. The van der Waals surface area contributed by atoms with Crippen LogP contribution in [0.25, 0.3) is 17.0 Å². The van der Waals surface area contributed by atoms with Crippen molar-refractivity contribution >= 4 is 45.2 Å². The van der Waals surface area contributed by atoms with Crippen molar-refractivity contribution < 1.29 is 18.0 Å². The van der Waals surface area contributed by atoms with Gasteiger partial charge in [-0.2, -0.15) is 13.2 Å². The predicted octanol–water partition coefficient (Wildman–Crippen LogP) is 5.76. The number of aryl methyl sites for hydroxylation is 1. The SMILES string of the molecule is Cc1nc2cc(C(F)(F)F)ccn2c1-c1ccnc(Nc2ccc(C(=O)Nc3ccccc3N)s2)n1. The maximum absolute atomic E-state index is 13.1. The van der Waals surface area contributed by atoms with E-state index in [-0.39, 0.29) is 17.5 Å². The molecule has 5 rings (SSSR count). The molecule has 0 aliphatic heterocycles. The second-order valence-corrected chi connectivity index (χ2v) is 8.87. The van der Waals surface area contributed by atoms with E-state index in [0.717, 1.165) is 12.1 Å². The molecule has 4 N–H and O–H groups in total. The number of para-hydroxylation sites is 2. The lowest BCUT2D eigenvalue weighted by atomic mass is 10.2. The summed E-state index contributed by atoms with van der Waals surface area (Å²) in [6, 6.07) is 14.0. The quantitative estimate of drug-likeness (QED) is 0.260. The van der Waals surface area contributed by atoms with Crippen LogP contribution in [0.15, 0.2) is 67.0 Å². The summed E-state index contributed by atoms with van der Waals surface area (Å²) in [5.74, 6) is -0.0462. The van der Waals surface area contributed by atoms with E-state index in [0.29, 0.717) is 38.3 Å². The summed E-state index contributed by atoms with van der Waals surface area (Å²) < 4.78 is 40.8. The first kappa shape index (κ1) is 23.3. The molecule has 5 aromatic rings. The van der Waals surface area contributed by atoms with E-state index >= 15 is 0 Å². The number of rotatable bonds is 5. The molecule has 0 fully saturated rings. The van der Waals surface area contributed by atoms with Crippen molar-refractivity contribution in [2.75, 3.05) is 16.4 Å². The maximum atomic E-state index is 13.1. The molecule has 0 radical (unpaired) electrons. The van der Waals surface area contributed by atoms with Gasteiger partial charge >= 0.3 is 6.18 Å². The number of hydrogen-bond donors (Lipinski definition) is 3. The van der Waals surface area contributed by atoms with Crippen molar-refractivity contribution in [1.29, 1.82) is 0 Å². The van der Waals surface area contributed by atoms with Crippen molar-refractivity contribution in [2.24, 2.45) is 0 Å². The number of fused-ring (bicyclic) bond motifs is 1. The van der Waals surface area contributed by atoms with Gasteiger partial charge in [0.15, 0.2) is 0 Å². The van der Waals surface area contributed by atoms with Gasteiger partial charge in [0.25, 0.3) is 5.91 Å². The van der Waals surface area contributed by atoms with Crippen molar-refractivity contribution in [3.63, 3.8) is 0 Å². The molecule has 0 aliphatic rings. The van der Waals surface area contributed by atoms with Crippen LogP contribution < -0.4 is 16.4 Å². The Labute approximate surface area is 206 Å². The molecule has 0 saturated carbocycles. The number of pyridine rings is 1. The molecular formula is C24H18F3N7OS. The molecule has 1 amide bonds. The van der Waals surface area contributed by atoms with Crippen molar-refractivity contribution in [3.8, 4) is 11.4 Å². The lowest BCUT2D eigenvalue weighted by Gasteiger charge is -2.08. The lowest BCUT2D eigenvalue weighted by Crippen LogP contribution is -2.11. The van der Waals surface area contributed by atoms with E-state index < -0.39 is 11.7 Å². The third-order valence-electron chi connectivity index (χ3n) is 5.30. The maximum Gasteiger partial charge on any atom is 0.416 e. The van der Waals surface area contributed by atoms with Crippen molar-refractivity contribution in [3.05, 3.63) is 83.1 Å². The van der Waals surface area contributed by atoms with Gasteiger partial charge in [-0.05, 0) is 49.4 Å². The molecule has 0 spiro atoms. The Bertz CT molecular complexity index is 1590. The highest BCUT2D eigenvalue weighted by molar-refractivity contribution is 7.18. The first-order valence-electron chi connectivity index (χ1n) is 10.6. The molecule has 4 heterocycles. The third-order valence-corrected chi connectivity index (χ3v) is 6.30. The van der Waals surface area contributed by atoms with Gasteiger partial charge in [0.2, 0.25) is 5.95 Å². The number of nitrogens with two attached hydrogens (primary N) is 1. The van der Waals surface area contributed by atoms with Crippen LogP contribution >= 0.6 is 11.3 Å². The molecule has 36 heavy (non-hydrogen) atoms. The van der Waals surface area contributed by atoms with Gasteiger partial charge in [0.05, 0.1) is 43.9 Å². The minimum Gasteiger partial charge on any atom is -0.397 e. The van der Waals surface area contributed by atoms with E-state index in [2.05, 4.69) is 25.6 Å². The molecule has 0 atom stereocenters. The largest absolute Gasteiger partial charge is 0.416 e. The second-order valence-electron chi connectivity index (χ2n) is 7.78. The Morgan fingerprint density at radius 3 is 2.67 bits per heavy atom. The first-order chi connectivity index (χ1) is 17.2. The van der Waals surface area contributed by atoms with Gasteiger partial charge in [-0.15, -0.1) is 11.3 Å². The highest BCUT2D eigenvalue weighted by Crippen LogP contribution is 2.32. The van der Waals surface area contributed by atoms with Crippen LogP contribution in [0.4, 0.5) is 35.5 Å². The molecule has 1 aromatic carbocycles. The normalized spacial score (nSPS) is 11.6. The summed E-state index contributed by atoms with van der Waals surface area (Å²) in [5, 5.41) is 6.47. The van der Waals surface area contributed by atoms with E-state index in [1.165, 1.54) is 23.7 Å². The fourth-order valence-electron chi connectivity index (χ4n) is 3.63. The number of aromatic nitrogens is 4. The minimum absolute atomic E-state index is 0.165. The van der Waals surface area contributed by atoms with Crippen LogP contribution in [-0.4, -0.2) is 25.3 Å². The van der Waals surface area contributed by atoms with Gasteiger partial charge in [0.1, 0.15) is 5.65 Å². The molecule has 4 aromatic heterocycles. The van der Waals surface area contributed by atoms with Crippen LogP contribution in [0.5, 0.6) is 0 Å². The van der Waals surface area contributed by atoms with Crippen LogP contribution in [-0.2, 0) is 6.18 Å². The standard InChI is InChI=1S/C24H18F3N7OS/c1-13-21(34-11-9-14(24(25,26)27)12-19(34)30-13)17-8-10-29-23(32-17)33-20-7-6-18(36-20)22(35)31-16-5-3-2-4-15(16)28/h2-12H,28H2,1H3,(H,31,35)(H,29,32,33). The third kappa shape index (κ3) is 4.58. The smallest absolute Gasteiger partial charge is 0.397 e. The molecule has 0 aliphatic carbocycles. The summed E-state index contributed by atoms with van der Waals surface area (Å²) in [5.41, 5.74) is 7.81. The Balaban J connectivity index is 1.38. The van der Waals surface area contributed by atoms with Gasteiger partial charge in [-0.25, -0.2) is 15.0 Å². The summed E-state index contributed by atoms with van der Waals surface area (Å²) in [6.07, 6.45) is -1.60. The molecule has 0 unspecified atom stereocenters. The number of carbonyl (C=O) groups is 1. The summed E-state index contributed by atoms with van der Waals surface area (Å²) in [4.78, 5) is 26.1. The zero-order chi connectivity index (χ0) is 25.4. The fraction of sp³-hybridized carbons (Fsp3) is 0.0833. The van der Waals surface area contributed by atoms with E-state index in [9.17, 15) is 18.0 Å². The fourth-order valence-corrected chi connectivity index (χ4v) is 4.43. The van der Waals surface area contributed by atoms with Crippen LogP contribution in [0.2, 0.25) is 0 Å². The highest BCUT2D eigenvalue weighted by atomic mass is 32.1. The number of nitrogen functional groups attached to an aromatic ring is 1. The van der Waals surface area contributed by atoms with Crippen molar-refractivity contribution in [2.45, 2.75) is 13.1 Å². The van der Waals surface area contributed by atoms with Gasteiger partial charge < -0.3 is 16.4 Å². The zero-order valence-electron chi connectivity index (χ0n) is 18.7. The number of benzene rings is 1. The first-order valence-corrected chi connectivity index (χ1v) is 11.4. The number of anilines is 4. The molecule has 0 bridgehead atoms. The number of imidazole rings is 1. The average Bonchev–Trinajstić information content (AvgIpc) is 3.43. The predicted molar refractivity (Wildman–Crippen MR) is 132 cm³/mol. The highest BCUT2D eigenvalue weighted by Gasteiger charge is 2.31. The van der Waals surface area contributed by atoms with Crippen LogP contribution in [0.3, 0.4) is 0 Å². The number of hydrogen-bond acceptors (Lipinski definition) is 7. The minimum atomic E-state index is -4.46. The second kappa shape index (κ2) is 8.96. The monoisotopic (exact) mass is 509 g/mol. The van der Waals surface area contributed by atoms with Gasteiger partial charge in [-0.3, -0.25) is 9.20 Å². The Morgan fingerprint density at radius 2 is 1.89 bits per heavy atom. The van der Waals surface area contributed by atoms with Crippen molar-refractivity contribution in [1.82, 2.24) is 19.4 Å². The van der Waals surface area contributed by atoms with Gasteiger partial charge in [0, 0.05) is 12.4 Å². The number of amides is 1. The lowest BCUT2D eigenvalue weighted by molar-refractivity contribution is -0.137. The number of carbonyl (C=O) groups excluding carboxylic acids is 1. The number of thiophene rings is 1. The zero-order valence-corrected chi connectivity index (χ0v) is 19.5. The molecule has 182 valence electrons. The Kier molecular flexibility index (Phi) is 5.80. The van der Waals surface area contributed by atoms with E-state index in [1.807, 2.05) is 0 Å². The summed E-state index contributed by atoms with van der Waals surface area (Å²) in [6.45, 7) is 1.70. The Hall–Kier alpha value is -4.45. The number of nitrogens with zero attached hydrogens (tertiary/aromatic N) is 4. The van der Waals surface area contributed by atoms with Crippen LogP contribution in [0.1, 0.15) is 20.9 Å². The average molecular weight is 510 g/mol. The molecule has 12 heteroatoms. The topological polar surface area (TPSA) is 110 Å². The van der Waals surface area contributed by atoms with E-state index in [4.69, 9.17) is 5.73 Å². The van der Waals surface area contributed by atoms with Crippen LogP contribution in [0, 0.1) is 6.92 Å². The number of alkyl halides is 3. The Morgan fingerprint density at radius 1 is 1.08 bits per heavy atom. The molecular weight excluding hydrogens is 491 g/mol.